The Hall–Kier alpha value is -1.80. The van der Waals surface area contributed by atoms with Crippen LogP contribution in [-0.4, -0.2) is 58.6 Å². The Balaban J connectivity index is 1.75. The summed E-state index contributed by atoms with van der Waals surface area (Å²) in [6.07, 6.45) is 3.23. The van der Waals surface area contributed by atoms with E-state index < -0.39 is 9.84 Å². The van der Waals surface area contributed by atoms with Crippen LogP contribution in [0.4, 0.5) is 0 Å². The van der Waals surface area contributed by atoms with Crippen molar-refractivity contribution < 1.29 is 13.2 Å². The molecule has 1 saturated heterocycles. The predicted octanol–water partition coefficient (Wildman–Crippen LogP) is 3.72. The maximum absolute atomic E-state index is 13.0. The van der Waals surface area contributed by atoms with Crippen LogP contribution in [0.15, 0.2) is 41.7 Å². The van der Waals surface area contributed by atoms with Gasteiger partial charge in [0, 0.05) is 19.1 Å². The predicted molar refractivity (Wildman–Crippen MR) is 122 cm³/mol. The van der Waals surface area contributed by atoms with Crippen LogP contribution in [-0.2, 0) is 21.2 Å². The van der Waals surface area contributed by atoms with E-state index in [0.717, 1.165) is 29.4 Å². The Morgan fingerprint density at radius 3 is 2.63 bits per heavy atom. The number of hydrogen-bond donors (Lipinski definition) is 0. The molecule has 0 N–H and O–H groups in total. The summed E-state index contributed by atoms with van der Waals surface area (Å²) in [5.41, 5.74) is 2.15. The highest BCUT2D eigenvalue weighted by atomic mass is 32.2. The number of rotatable bonds is 9. The van der Waals surface area contributed by atoms with E-state index in [-0.39, 0.29) is 29.2 Å². The second-order valence-corrected chi connectivity index (χ2v) is 11.4. The van der Waals surface area contributed by atoms with Crippen LogP contribution < -0.4 is 0 Å². The minimum atomic E-state index is -3.02. The molecule has 0 radical (unpaired) electrons. The van der Waals surface area contributed by atoms with E-state index in [2.05, 4.69) is 35.5 Å². The van der Waals surface area contributed by atoms with Crippen molar-refractivity contribution in [3.63, 3.8) is 0 Å². The number of benzene rings is 1. The van der Waals surface area contributed by atoms with Gasteiger partial charge in [-0.15, -0.1) is 0 Å². The zero-order chi connectivity index (χ0) is 21.7. The summed E-state index contributed by atoms with van der Waals surface area (Å²) in [6, 6.07) is 9.95. The number of carbonyl (C=O) groups excluding carboxylic acids is 1. The molecule has 2 aromatic rings. The Morgan fingerprint density at radius 2 is 2.03 bits per heavy atom. The van der Waals surface area contributed by atoms with Crippen LogP contribution in [0.25, 0.3) is 11.3 Å². The number of amides is 1. The van der Waals surface area contributed by atoms with Crippen molar-refractivity contribution in [2.45, 2.75) is 51.4 Å². The van der Waals surface area contributed by atoms with E-state index >= 15 is 0 Å². The first-order valence-corrected chi connectivity index (χ1v) is 13.3. The minimum absolute atomic E-state index is 0.00990. The van der Waals surface area contributed by atoms with Gasteiger partial charge in [0.15, 0.2) is 15.0 Å². The average Bonchev–Trinajstić information content (AvgIpc) is 3.27. The monoisotopic (exact) mass is 449 g/mol. The van der Waals surface area contributed by atoms with Gasteiger partial charge in [0.25, 0.3) is 0 Å². The molecule has 30 heavy (non-hydrogen) atoms. The van der Waals surface area contributed by atoms with Gasteiger partial charge in [0.05, 0.1) is 29.1 Å². The van der Waals surface area contributed by atoms with Crippen molar-refractivity contribution >= 4 is 27.5 Å². The van der Waals surface area contributed by atoms with Crippen molar-refractivity contribution in [3.8, 4) is 11.3 Å². The Bertz CT molecular complexity index is 955. The molecule has 0 aliphatic carbocycles. The molecule has 1 aromatic carbocycles. The third-order valence-corrected chi connectivity index (χ3v) is 7.92. The molecule has 2 heterocycles. The molecule has 1 amide bonds. The number of carbonyl (C=O) groups is 1. The quantitative estimate of drug-likeness (QED) is 0.546. The van der Waals surface area contributed by atoms with Gasteiger partial charge in [0.1, 0.15) is 0 Å². The molecule has 1 atom stereocenters. The van der Waals surface area contributed by atoms with Gasteiger partial charge < -0.3 is 9.47 Å². The third-order valence-electron chi connectivity index (χ3n) is 5.20. The van der Waals surface area contributed by atoms with Gasteiger partial charge in [-0.25, -0.2) is 13.4 Å². The van der Waals surface area contributed by atoms with E-state index in [0.29, 0.717) is 18.9 Å². The van der Waals surface area contributed by atoms with Crippen molar-refractivity contribution in [2.75, 3.05) is 23.8 Å². The number of aromatic nitrogens is 2. The van der Waals surface area contributed by atoms with Crippen molar-refractivity contribution in [1.82, 2.24) is 14.5 Å². The van der Waals surface area contributed by atoms with Gasteiger partial charge >= 0.3 is 0 Å². The molecule has 1 aliphatic heterocycles. The minimum Gasteiger partial charge on any atom is -0.338 e. The summed E-state index contributed by atoms with van der Waals surface area (Å²) in [7, 11) is -3.02. The Labute approximate surface area is 184 Å². The number of imidazole rings is 1. The number of nitrogens with zero attached hydrogens (tertiary/aromatic N) is 3. The van der Waals surface area contributed by atoms with Gasteiger partial charge in [-0.1, -0.05) is 62.9 Å². The van der Waals surface area contributed by atoms with E-state index in [1.165, 1.54) is 11.8 Å². The molecule has 164 valence electrons. The lowest BCUT2D eigenvalue weighted by atomic mass is 10.1. The van der Waals surface area contributed by atoms with Gasteiger partial charge in [-0.05, 0) is 24.3 Å². The lowest BCUT2D eigenvalue weighted by Crippen LogP contribution is -2.42. The van der Waals surface area contributed by atoms with Gasteiger partial charge in [-0.2, -0.15) is 0 Å². The summed E-state index contributed by atoms with van der Waals surface area (Å²) in [5.74, 6) is 0.960. The van der Waals surface area contributed by atoms with Crippen LogP contribution >= 0.6 is 11.8 Å². The largest absolute Gasteiger partial charge is 0.338 e. The lowest BCUT2D eigenvalue weighted by Gasteiger charge is -2.27. The van der Waals surface area contributed by atoms with Crippen LogP contribution in [0, 0.1) is 5.92 Å². The fraction of sp³-hybridized carbons (Fsp3) is 0.545. The molecular formula is C22H31N3O3S2. The average molecular weight is 450 g/mol. The number of thioether (sulfide) groups is 1. The standard InChI is InChI=1S/C22H31N3O3S2/c1-4-11-24(19-10-12-30(27,28)16-19)21(26)15-29-22-23-13-20(25(22)14-17(2)3)18-8-6-5-7-9-18/h5-9,13,17,19H,4,10-12,14-16H2,1-3H3. The molecule has 1 aliphatic rings. The first kappa shape index (κ1) is 22.9. The normalized spacial score (nSPS) is 18.1. The number of hydrogen-bond acceptors (Lipinski definition) is 5. The first-order chi connectivity index (χ1) is 14.3. The summed E-state index contributed by atoms with van der Waals surface area (Å²) >= 11 is 1.44. The van der Waals surface area contributed by atoms with Crippen LogP contribution in [0.5, 0.6) is 0 Å². The summed E-state index contributed by atoms with van der Waals surface area (Å²) in [5, 5.41) is 0.825. The van der Waals surface area contributed by atoms with Crippen LogP contribution in [0.3, 0.4) is 0 Å². The maximum atomic E-state index is 13.0. The summed E-state index contributed by atoms with van der Waals surface area (Å²) in [6.45, 7) is 7.75. The van der Waals surface area contributed by atoms with E-state index in [4.69, 9.17) is 0 Å². The topological polar surface area (TPSA) is 72.3 Å². The van der Waals surface area contributed by atoms with Gasteiger partial charge in [-0.3, -0.25) is 4.79 Å². The maximum Gasteiger partial charge on any atom is 0.233 e. The highest BCUT2D eigenvalue weighted by Crippen LogP contribution is 2.28. The molecule has 0 bridgehead atoms. The Kier molecular flexibility index (Phi) is 7.63. The van der Waals surface area contributed by atoms with Crippen LogP contribution in [0.1, 0.15) is 33.6 Å². The molecule has 1 fully saturated rings. The van der Waals surface area contributed by atoms with Gasteiger partial charge in [0.2, 0.25) is 5.91 Å². The molecule has 8 heteroatoms. The number of sulfone groups is 1. The zero-order valence-corrected chi connectivity index (χ0v) is 19.6. The molecular weight excluding hydrogens is 418 g/mol. The molecule has 1 unspecified atom stereocenters. The first-order valence-electron chi connectivity index (χ1n) is 10.5. The van der Waals surface area contributed by atoms with Crippen molar-refractivity contribution in [1.29, 1.82) is 0 Å². The van der Waals surface area contributed by atoms with Crippen molar-refractivity contribution in [2.24, 2.45) is 5.92 Å². The highest BCUT2D eigenvalue weighted by molar-refractivity contribution is 7.99. The second kappa shape index (κ2) is 10.0. The lowest BCUT2D eigenvalue weighted by molar-refractivity contribution is -0.130. The summed E-state index contributed by atoms with van der Waals surface area (Å²) in [4.78, 5) is 19.4. The molecule has 0 spiro atoms. The third kappa shape index (κ3) is 5.66. The van der Waals surface area contributed by atoms with Crippen molar-refractivity contribution in [3.05, 3.63) is 36.5 Å². The zero-order valence-electron chi connectivity index (χ0n) is 18.0. The molecule has 1 aromatic heterocycles. The smallest absolute Gasteiger partial charge is 0.233 e. The van der Waals surface area contributed by atoms with E-state index in [9.17, 15) is 13.2 Å². The highest BCUT2D eigenvalue weighted by Gasteiger charge is 2.34. The molecule has 3 rings (SSSR count). The SMILES string of the molecule is CCCN(C(=O)CSc1ncc(-c2ccccc2)n1CC(C)C)C1CCS(=O)(=O)C1. The fourth-order valence-corrected chi connectivity index (χ4v) is 6.44. The van der Waals surface area contributed by atoms with Crippen LogP contribution in [0.2, 0.25) is 0 Å². The molecule has 0 saturated carbocycles. The van der Waals surface area contributed by atoms with E-state index in [1.807, 2.05) is 31.3 Å². The van der Waals surface area contributed by atoms with E-state index in [1.54, 1.807) is 4.90 Å². The second-order valence-electron chi connectivity index (χ2n) is 8.23. The fourth-order valence-electron chi connectivity index (χ4n) is 3.84. The summed E-state index contributed by atoms with van der Waals surface area (Å²) < 4.78 is 25.9. The molecule has 6 nitrogen and oxygen atoms in total. The Morgan fingerprint density at radius 1 is 1.30 bits per heavy atom.